The summed E-state index contributed by atoms with van der Waals surface area (Å²) in [6.45, 7) is 2.38. The van der Waals surface area contributed by atoms with E-state index in [1.165, 1.54) is 0 Å². The largest absolute Gasteiger partial charge is 0.476 e. The standard InChI is InChI=1S/C5H8ClNO2/c1-2-3-7-4(6)5(8)9/h2-3H2,1H3,(H,8,9). The van der Waals surface area contributed by atoms with Crippen molar-refractivity contribution in [3.63, 3.8) is 0 Å². The Morgan fingerprint density at radius 1 is 1.78 bits per heavy atom. The van der Waals surface area contributed by atoms with Crippen molar-refractivity contribution in [3.8, 4) is 0 Å². The Kier molecular flexibility index (Phi) is 4.05. The van der Waals surface area contributed by atoms with E-state index in [1.807, 2.05) is 6.92 Å². The van der Waals surface area contributed by atoms with Crippen molar-refractivity contribution in [3.05, 3.63) is 0 Å². The maximum Gasteiger partial charge on any atom is 0.365 e. The number of halogens is 1. The lowest BCUT2D eigenvalue weighted by molar-refractivity contribution is -0.129. The summed E-state index contributed by atoms with van der Waals surface area (Å²) in [7, 11) is 0. The summed E-state index contributed by atoms with van der Waals surface area (Å²) >= 11 is 5.14. The van der Waals surface area contributed by atoms with E-state index in [0.717, 1.165) is 6.42 Å². The van der Waals surface area contributed by atoms with Crippen molar-refractivity contribution in [2.75, 3.05) is 6.54 Å². The molecule has 0 aromatic rings. The van der Waals surface area contributed by atoms with Gasteiger partial charge in [0.15, 0.2) is 0 Å². The molecule has 0 aliphatic rings. The van der Waals surface area contributed by atoms with Gasteiger partial charge in [-0.15, -0.1) is 0 Å². The zero-order valence-electron chi connectivity index (χ0n) is 5.09. The number of nitrogens with zero attached hydrogens (tertiary/aromatic N) is 1. The van der Waals surface area contributed by atoms with Crippen LogP contribution in [0.1, 0.15) is 13.3 Å². The zero-order valence-corrected chi connectivity index (χ0v) is 5.85. The minimum absolute atomic E-state index is 0.336. The Labute approximate surface area is 58.4 Å². The molecule has 3 nitrogen and oxygen atoms in total. The maximum atomic E-state index is 9.94. The van der Waals surface area contributed by atoms with Crippen molar-refractivity contribution in [1.82, 2.24) is 0 Å². The highest BCUT2D eigenvalue weighted by Gasteiger charge is 2.01. The van der Waals surface area contributed by atoms with E-state index in [-0.39, 0.29) is 5.17 Å². The van der Waals surface area contributed by atoms with Crippen molar-refractivity contribution < 1.29 is 9.90 Å². The van der Waals surface area contributed by atoms with Crippen molar-refractivity contribution in [2.24, 2.45) is 4.99 Å². The number of carboxylic acids is 1. The van der Waals surface area contributed by atoms with Gasteiger partial charge in [-0.3, -0.25) is 4.99 Å². The first-order valence-electron chi connectivity index (χ1n) is 2.61. The molecule has 0 aliphatic heterocycles. The average molecular weight is 150 g/mol. The van der Waals surface area contributed by atoms with Gasteiger partial charge in [0.05, 0.1) is 0 Å². The van der Waals surface area contributed by atoms with Crippen LogP contribution in [-0.2, 0) is 4.79 Å². The third kappa shape index (κ3) is 3.97. The van der Waals surface area contributed by atoms with Crippen molar-refractivity contribution >= 4 is 22.7 Å². The maximum absolute atomic E-state index is 9.94. The molecule has 0 unspecified atom stereocenters. The van der Waals surface area contributed by atoms with Gasteiger partial charge < -0.3 is 5.11 Å². The van der Waals surface area contributed by atoms with Crippen LogP contribution in [0, 0.1) is 0 Å². The van der Waals surface area contributed by atoms with Crippen molar-refractivity contribution in [1.29, 1.82) is 0 Å². The Morgan fingerprint density at radius 2 is 2.33 bits per heavy atom. The van der Waals surface area contributed by atoms with Crippen LogP contribution < -0.4 is 0 Å². The summed E-state index contributed by atoms with van der Waals surface area (Å²) in [5, 5.41) is 7.81. The third-order valence-electron chi connectivity index (χ3n) is 0.651. The van der Waals surface area contributed by atoms with Crippen LogP contribution in [0.25, 0.3) is 0 Å². The lowest BCUT2D eigenvalue weighted by atomic mass is 10.5. The summed E-state index contributed by atoms with van der Waals surface area (Å²) in [6.07, 6.45) is 0.809. The molecule has 0 atom stereocenters. The highest BCUT2D eigenvalue weighted by atomic mass is 35.5. The normalized spacial score (nSPS) is 11.6. The number of hydrogen-bond acceptors (Lipinski definition) is 2. The lowest BCUT2D eigenvalue weighted by Gasteiger charge is -1.87. The molecule has 0 spiro atoms. The molecule has 0 amide bonds. The Balaban J connectivity index is 3.69. The number of carbonyl (C=O) groups is 1. The lowest BCUT2D eigenvalue weighted by Crippen LogP contribution is -2.05. The first-order valence-corrected chi connectivity index (χ1v) is 2.99. The molecule has 0 fully saturated rings. The Hall–Kier alpha value is -0.570. The van der Waals surface area contributed by atoms with Crippen LogP contribution in [0.3, 0.4) is 0 Å². The molecule has 9 heavy (non-hydrogen) atoms. The molecule has 0 saturated heterocycles. The fourth-order valence-electron chi connectivity index (χ4n) is 0.278. The second-order valence-electron chi connectivity index (χ2n) is 1.48. The molecule has 0 rings (SSSR count). The zero-order chi connectivity index (χ0) is 7.28. The molecule has 52 valence electrons. The Bertz CT molecular complexity index is 133. The Morgan fingerprint density at radius 3 is 2.67 bits per heavy atom. The molecule has 0 aliphatic carbocycles. The predicted molar refractivity (Wildman–Crippen MR) is 36.1 cm³/mol. The second kappa shape index (κ2) is 4.32. The van der Waals surface area contributed by atoms with Gasteiger partial charge in [0.2, 0.25) is 5.17 Å². The minimum Gasteiger partial charge on any atom is -0.476 e. The van der Waals surface area contributed by atoms with E-state index in [1.54, 1.807) is 0 Å². The van der Waals surface area contributed by atoms with Crippen LogP contribution in [0.4, 0.5) is 0 Å². The van der Waals surface area contributed by atoms with Gasteiger partial charge in [0.25, 0.3) is 0 Å². The molecular formula is C5H8ClNO2. The molecule has 0 bridgehead atoms. The minimum atomic E-state index is -1.16. The van der Waals surface area contributed by atoms with E-state index in [2.05, 4.69) is 4.99 Å². The van der Waals surface area contributed by atoms with E-state index in [9.17, 15) is 4.79 Å². The van der Waals surface area contributed by atoms with E-state index < -0.39 is 5.97 Å². The monoisotopic (exact) mass is 149 g/mol. The number of hydrogen-bond donors (Lipinski definition) is 1. The first kappa shape index (κ1) is 8.43. The summed E-state index contributed by atoms with van der Waals surface area (Å²) in [4.78, 5) is 13.5. The summed E-state index contributed by atoms with van der Waals surface area (Å²) in [5.74, 6) is -1.16. The van der Waals surface area contributed by atoms with Gasteiger partial charge in [-0.05, 0) is 6.42 Å². The van der Waals surface area contributed by atoms with Gasteiger partial charge >= 0.3 is 5.97 Å². The highest BCUT2D eigenvalue weighted by molar-refractivity contribution is 6.81. The number of carboxylic acid groups (broad SMARTS) is 1. The van der Waals surface area contributed by atoms with E-state index >= 15 is 0 Å². The number of aliphatic imine (C=N–C) groups is 1. The quantitative estimate of drug-likeness (QED) is 0.612. The second-order valence-corrected chi connectivity index (χ2v) is 1.84. The molecule has 4 heteroatoms. The molecular weight excluding hydrogens is 142 g/mol. The summed E-state index contributed by atoms with van der Waals surface area (Å²) in [6, 6.07) is 0. The molecule has 1 N–H and O–H groups in total. The molecule has 0 heterocycles. The van der Waals surface area contributed by atoms with E-state index in [4.69, 9.17) is 16.7 Å². The molecule has 0 saturated carbocycles. The SMILES string of the molecule is CCCN=C(Cl)C(=O)O. The van der Waals surface area contributed by atoms with Crippen LogP contribution in [0.2, 0.25) is 0 Å². The van der Waals surface area contributed by atoms with Gasteiger partial charge in [-0.2, -0.15) is 0 Å². The fraction of sp³-hybridized carbons (Fsp3) is 0.600. The summed E-state index contributed by atoms with van der Waals surface area (Å²) < 4.78 is 0. The van der Waals surface area contributed by atoms with Gasteiger partial charge in [-0.25, -0.2) is 4.79 Å². The topological polar surface area (TPSA) is 49.7 Å². The number of rotatable bonds is 3. The average Bonchev–Trinajstić information content (AvgIpc) is 1.82. The van der Waals surface area contributed by atoms with Crippen molar-refractivity contribution in [2.45, 2.75) is 13.3 Å². The fourth-order valence-corrected chi connectivity index (χ4v) is 0.362. The highest BCUT2D eigenvalue weighted by Crippen LogP contribution is 1.87. The number of aliphatic carboxylic acids is 1. The van der Waals surface area contributed by atoms with Gasteiger partial charge in [0, 0.05) is 6.54 Å². The molecule has 0 aromatic heterocycles. The van der Waals surface area contributed by atoms with Crippen LogP contribution in [0.5, 0.6) is 0 Å². The smallest absolute Gasteiger partial charge is 0.365 e. The van der Waals surface area contributed by atoms with Crippen LogP contribution in [-0.4, -0.2) is 22.8 Å². The molecule has 0 aromatic carbocycles. The van der Waals surface area contributed by atoms with Crippen LogP contribution in [0.15, 0.2) is 4.99 Å². The van der Waals surface area contributed by atoms with Gasteiger partial charge in [0.1, 0.15) is 0 Å². The third-order valence-corrected chi connectivity index (χ3v) is 0.932. The predicted octanol–water partition coefficient (Wildman–Crippen LogP) is 1.12. The molecule has 0 radical (unpaired) electrons. The van der Waals surface area contributed by atoms with Crippen LogP contribution >= 0.6 is 11.6 Å². The van der Waals surface area contributed by atoms with Gasteiger partial charge in [-0.1, -0.05) is 18.5 Å². The first-order chi connectivity index (χ1) is 4.18. The van der Waals surface area contributed by atoms with E-state index in [0.29, 0.717) is 6.54 Å². The summed E-state index contributed by atoms with van der Waals surface area (Å²) in [5.41, 5.74) is 0.